The molecule has 1 N–H and O–H groups in total. The molecule has 2 nitrogen and oxygen atoms in total. The number of benzene rings is 1. The van der Waals surface area contributed by atoms with Crippen molar-refractivity contribution in [2.24, 2.45) is 16.7 Å². The zero-order chi connectivity index (χ0) is 14.5. The molecule has 0 aromatic heterocycles. The number of nitrogens with one attached hydrogen (secondary N) is 1. The number of amides is 1. The van der Waals surface area contributed by atoms with Crippen LogP contribution in [-0.4, -0.2) is 5.91 Å². The molecule has 0 radical (unpaired) electrons. The molecular formula is C18H23NO. The average Bonchev–Trinajstić information content (AvgIpc) is 2.93. The zero-order valence-corrected chi connectivity index (χ0v) is 12.6. The number of carbonyl (C=O) groups excluding carboxylic acids is 1. The van der Waals surface area contributed by atoms with Crippen LogP contribution in [0, 0.1) is 23.7 Å². The molecule has 1 amide bonds. The van der Waals surface area contributed by atoms with Crippen molar-refractivity contribution in [3.8, 4) is 0 Å². The van der Waals surface area contributed by atoms with Crippen molar-refractivity contribution in [3.05, 3.63) is 42.0 Å². The number of anilines is 1. The largest absolute Gasteiger partial charge is 0.325 e. The first-order valence-electron chi connectivity index (χ1n) is 7.45. The van der Waals surface area contributed by atoms with Crippen LogP contribution in [0.3, 0.4) is 0 Å². The molecule has 2 unspecified atom stereocenters. The van der Waals surface area contributed by atoms with E-state index in [2.05, 4.69) is 25.7 Å². The van der Waals surface area contributed by atoms with Crippen LogP contribution in [0.15, 0.2) is 36.4 Å². The Morgan fingerprint density at radius 3 is 2.65 bits per heavy atom. The van der Waals surface area contributed by atoms with E-state index in [9.17, 15) is 4.79 Å². The number of rotatable bonds is 2. The van der Waals surface area contributed by atoms with Crippen LogP contribution in [0.1, 0.15) is 38.7 Å². The van der Waals surface area contributed by atoms with Gasteiger partial charge in [-0.2, -0.15) is 0 Å². The summed E-state index contributed by atoms with van der Waals surface area (Å²) in [6.45, 7) is 10.8. The number of para-hydroxylation sites is 1. The normalized spacial score (nSPS) is 30.6. The summed E-state index contributed by atoms with van der Waals surface area (Å²) in [5, 5.41) is 3.14. The molecule has 1 aromatic rings. The van der Waals surface area contributed by atoms with Gasteiger partial charge >= 0.3 is 0 Å². The Morgan fingerprint density at radius 1 is 1.35 bits per heavy atom. The van der Waals surface area contributed by atoms with E-state index < -0.39 is 0 Å². The van der Waals surface area contributed by atoms with Gasteiger partial charge in [-0.3, -0.25) is 4.79 Å². The Balaban J connectivity index is 1.89. The summed E-state index contributed by atoms with van der Waals surface area (Å²) in [5.74, 6) is 0.752. The molecule has 0 aliphatic heterocycles. The molecule has 3 rings (SSSR count). The van der Waals surface area contributed by atoms with Crippen molar-refractivity contribution < 1.29 is 4.79 Å². The lowest BCUT2D eigenvalue weighted by Crippen LogP contribution is -2.37. The Labute approximate surface area is 121 Å². The van der Waals surface area contributed by atoms with E-state index in [-0.39, 0.29) is 16.7 Å². The lowest BCUT2D eigenvalue weighted by molar-refractivity contribution is -0.123. The molecule has 2 atom stereocenters. The van der Waals surface area contributed by atoms with Gasteiger partial charge < -0.3 is 5.32 Å². The molecule has 2 aliphatic rings. The fourth-order valence-corrected chi connectivity index (χ4v) is 4.10. The van der Waals surface area contributed by atoms with E-state index >= 15 is 0 Å². The molecular weight excluding hydrogens is 246 g/mol. The molecule has 2 aliphatic carbocycles. The summed E-state index contributed by atoms with van der Waals surface area (Å²) in [7, 11) is 0. The lowest BCUT2D eigenvalue weighted by Gasteiger charge is -2.37. The summed E-state index contributed by atoms with van der Waals surface area (Å²) >= 11 is 0. The van der Waals surface area contributed by atoms with Gasteiger partial charge in [0.15, 0.2) is 0 Å². The molecule has 2 heteroatoms. The summed E-state index contributed by atoms with van der Waals surface area (Å²) in [6, 6.07) is 7.95. The third-order valence-electron chi connectivity index (χ3n) is 5.72. The van der Waals surface area contributed by atoms with Gasteiger partial charge in [-0.05, 0) is 49.1 Å². The van der Waals surface area contributed by atoms with E-state index in [1.807, 2.05) is 31.2 Å². The molecule has 2 bridgehead atoms. The lowest BCUT2D eigenvalue weighted by atomic mass is 9.68. The van der Waals surface area contributed by atoms with E-state index in [0.717, 1.165) is 36.1 Å². The van der Waals surface area contributed by atoms with Crippen molar-refractivity contribution >= 4 is 11.6 Å². The van der Waals surface area contributed by atoms with Crippen molar-refractivity contribution in [2.45, 2.75) is 40.0 Å². The second-order valence-corrected chi connectivity index (χ2v) is 6.99. The van der Waals surface area contributed by atoms with Crippen LogP contribution in [0.5, 0.6) is 0 Å². The van der Waals surface area contributed by atoms with Gasteiger partial charge in [0.25, 0.3) is 0 Å². The molecule has 0 spiro atoms. The fourth-order valence-electron chi connectivity index (χ4n) is 4.10. The maximum Gasteiger partial charge on any atom is 0.234 e. The number of hydrogen-bond donors (Lipinski definition) is 1. The van der Waals surface area contributed by atoms with E-state index in [4.69, 9.17) is 0 Å². The number of hydrogen-bond acceptors (Lipinski definition) is 1. The highest BCUT2D eigenvalue weighted by atomic mass is 16.2. The Morgan fingerprint density at radius 2 is 2.05 bits per heavy atom. The SMILES string of the molecule is C=C1C2(C(=O)Nc3ccccc3C)CCC(C2)C1(C)C. The highest BCUT2D eigenvalue weighted by Gasteiger charge is 2.60. The topological polar surface area (TPSA) is 29.1 Å². The second-order valence-electron chi connectivity index (χ2n) is 6.99. The Hall–Kier alpha value is -1.57. The minimum absolute atomic E-state index is 0.0985. The van der Waals surface area contributed by atoms with Crippen LogP contribution < -0.4 is 5.32 Å². The predicted octanol–water partition coefficient (Wildman–Crippen LogP) is 4.32. The molecule has 0 saturated heterocycles. The van der Waals surface area contributed by atoms with Crippen LogP contribution in [-0.2, 0) is 4.79 Å². The van der Waals surface area contributed by atoms with Crippen molar-refractivity contribution in [1.29, 1.82) is 0 Å². The van der Waals surface area contributed by atoms with Crippen LogP contribution in [0.2, 0.25) is 0 Å². The minimum Gasteiger partial charge on any atom is -0.325 e. The van der Waals surface area contributed by atoms with Crippen LogP contribution >= 0.6 is 0 Å². The maximum absolute atomic E-state index is 12.9. The van der Waals surface area contributed by atoms with Crippen LogP contribution in [0.25, 0.3) is 0 Å². The first-order chi connectivity index (χ1) is 9.38. The fraction of sp³-hybridized carbons (Fsp3) is 0.500. The van der Waals surface area contributed by atoms with Gasteiger partial charge in [0.2, 0.25) is 5.91 Å². The Kier molecular flexibility index (Phi) is 2.82. The van der Waals surface area contributed by atoms with Gasteiger partial charge in [-0.15, -0.1) is 0 Å². The molecule has 20 heavy (non-hydrogen) atoms. The van der Waals surface area contributed by atoms with Gasteiger partial charge in [0.1, 0.15) is 0 Å². The van der Waals surface area contributed by atoms with Gasteiger partial charge in [0, 0.05) is 5.69 Å². The number of aryl methyl sites for hydroxylation is 1. The van der Waals surface area contributed by atoms with E-state index in [1.54, 1.807) is 0 Å². The minimum atomic E-state index is -0.337. The summed E-state index contributed by atoms with van der Waals surface area (Å²) in [6.07, 6.45) is 3.07. The summed E-state index contributed by atoms with van der Waals surface area (Å²) in [5.41, 5.74) is 2.92. The second kappa shape index (κ2) is 4.21. The highest BCUT2D eigenvalue weighted by molar-refractivity contribution is 5.99. The number of carbonyl (C=O) groups is 1. The standard InChI is InChI=1S/C18H23NO/c1-12-7-5-6-8-15(12)19-16(20)18-10-9-14(11-18)17(3,4)13(18)2/h5-8,14H,2,9-11H2,1,3-4H3,(H,19,20). The molecule has 2 fully saturated rings. The molecule has 1 aromatic carbocycles. The monoisotopic (exact) mass is 269 g/mol. The van der Waals surface area contributed by atoms with Crippen molar-refractivity contribution in [2.75, 3.05) is 5.32 Å². The summed E-state index contributed by atoms with van der Waals surface area (Å²) in [4.78, 5) is 12.9. The van der Waals surface area contributed by atoms with Gasteiger partial charge in [0.05, 0.1) is 5.41 Å². The predicted molar refractivity (Wildman–Crippen MR) is 82.5 cm³/mol. The maximum atomic E-state index is 12.9. The average molecular weight is 269 g/mol. The Bertz CT molecular complexity index is 587. The first kappa shape index (κ1) is 13.4. The van der Waals surface area contributed by atoms with Crippen molar-refractivity contribution in [1.82, 2.24) is 0 Å². The quantitative estimate of drug-likeness (QED) is 0.796. The molecule has 106 valence electrons. The third kappa shape index (κ3) is 1.67. The zero-order valence-electron chi connectivity index (χ0n) is 12.6. The molecule has 2 saturated carbocycles. The van der Waals surface area contributed by atoms with E-state index in [0.29, 0.717) is 5.92 Å². The highest BCUT2D eigenvalue weighted by Crippen LogP contribution is 2.65. The van der Waals surface area contributed by atoms with Crippen LogP contribution in [0.4, 0.5) is 5.69 Å². The first-order valence-corrected chi connectivity index (χ1v) is 7.45. The molecule has 0 heterocycles. The van der Waals surface area contributed by atoms with Gasteiger partial charge in [-0.25, -0.2) is 0 Å². The smallest absolute Gasteiger partial charge is 0.234 e. The van der Waals surface area contributed by atoms with Crippen molar-refractivity contribution in [3.63, 3.8) is 0 Å². The van der Waals surface area contributed by atoms with Gasteiger partial charge in [-0.1, -0.05) is 44.2 Å². The third-order valence-corrected chi connectivity index (χ3v) is 5.72. The number of fused-ring (bicyclic) bond motifs is 2. The summed E-state index contributed by atoms with van der Waals surface area (Å²) < 4.78 is 0. The van der Waals surface area contributed by atoms with E-state index in [1.165, 1.54) is 0 Å².